The molecule has 0 aromatic heterocycles. The highest BCUT2D eigenvalue weighted by Crippen LogP contribution is 2.16. The monoisotopic (exact) mass is 165 g/mol. The van der Waals surface area contributed by atoms with E-state index in [4.69, 9.17) is 0 Å². The zero-order valence-electron chi connectivity index (χ0n) is 6.96. The molecule has 11 heavy (non-hydrogen) atoms. The van der Waals surface area contributed by atoms with E-state index in [1.165, 1.54) is 0 Å². The average molecular weight is 165 g/mol. The summed E-state index contributed by atoms with van der Waals surface area (Å²) in [5.74, 6) is 0.443. The van der Waals surface area contributed by atoms with Crippen LogP contribution in [0.2, 0.25) is 13.1 Å². The minimum Gasteiger partial charge on any atom is -0.508 e. The van der Waals surface area contributed by atoms with Crippen LogP contribution >= 0.6 is 0 Å². The lowest BCUT2D eigenvalue weighted by atomic mass is 10.2. The maximum Gasteiger partial charge on any atom is 0.118 e. The Bertz CT molecular complexity index is 233. The smallest absolute Gasteiger partial charge is 0.118 e. The highest BCUT2D eigenvalue weighted by atomic mass is 28.3. The first-order valence-electron chi connectivity index (χ1n) is 3.76. The summed E-state index contributed by atoms with van der Waals surface area (Å²) in [5.41, 5.74) is 1.09. The van der Waals surface area contributed by atoms with Crippen LogP contribution in [0, 0.1) is 0 Å². The van der Waals surface area contributed by atoms with Gasteiger partial charge >= 0.3 is 0 Å². The van der Waals surface area contributed by atoms with Gasteiger partial charge < -0.3 is 5.11 Å². The first-order chi connectivity index (χ1) is 5.20. The van der Waals surface area contributed by atoms with Crippen molar-refractivity contribution < 1.29 is 5.11 Å². The van der Waals surface area contributed by atoms with Gasteiger partial charge in [-0.05, 0) is 17.7 Å². The third-order valence-electron chi connectivity index (χ3n) is 1.54. The second kappa shape index (κ2) is 3.58. The highest BCUT2D eigenvalue weighted by molar-refractivity contribution is 6.55. The second-order valence-electron chi connectivity index (χ2n) is 3.01. The zero-order chi connectivity index (χ0) is 8.27. The lowest BCUT2D eigenvalue weighted by Crippen LogP contribution is -2.05. The van der Waals surface area contributed by atoms with Crippen LogP contribution in [0.4, 0.5) is 0 Å². The largest absolute Gasteiger partial charge is 0.508 e. The van der Waals surface area contributed by atoms with E-state index in [0.717, 1.165) is 11.6 Å². The van der Waals surface area contributed by atoms with Crippen LogP contribution in [-0.4, -0.2) is 13.9 Å². The van der Waals surface area contributed by atoms with Crippen molar-refractivity contribution in [2.75, 3.05) is 0 Å². The van der Waals surface area contributed by atoms with Crippen molar-refractivity contribution in [3.8, 4) is 5.75 Å². The SMILES string of the molecule is C[Si](C)Cc1ccccc1O. The predicted octanol–water partition coefficient (Wildman–Crippen LogP) is 2.23. The minimum absolute atomic E-state index is 0.269. The zero-order valence-corrected chi connectivity index (χ0v) is 7.96. The number of para-hydroxylation sites is 1. The molecule has 1 N–H and O–H groups in total. The van der Waals surface area contributed by atoms with E-state index < -0.39 is 0 Å². The number of hydrogen-bond acceptors (Lipinski definition) is 1. The molecule has 59 valence electrons. The van der Waals surface area contributed by atoms with Gasteiger partial charge in [0.15, 0.2) is 0 Å². The molecule has 1 rings (SSSR count). The Hall–Kier alpha value is -0.763. The molecule has 0 unspecified atom stereocenters. The molecule has 0 bridgehead atoms. The molecule has 0 saturated carbocycles. The van der Waals surface area contributed by atoms with Crippen molar-refractivity contribution in [3.05, 3.63) is 29.8 Å². The van der Waals surface area contributed by atoms with Gasteiger partial charge in [-0.2, -0.15) is 0 Å². The molecular weight excluding hydrogens is 152 g/mol. The summed E-state index contributed by atoms with van der Waals surface area (Å²) in [6, 6.07) is 8.63. The molecule has 0 aliphatic rings. The molecule has 0 aliphatic heterocycles. The lowest BCUT2D eigenvalue weighted by Gasteiger charge is -2.04. The van der Waals surface area contributed by atoms with Crippen LogP contribution in [0.15, 0.2) is 24.3 Å². The summed E-state index contributed by atoms with van der Waals surface area (Å²) in [6.45, 7) is 4.49. The van der Waals surface area contributed by atoms with Crippen LogP contribution in [0.3, 0.4) is 0 Å². The number of phenols is 1. The van der Waals surface area contributed by atoms with E-state index in [0.29, 0.717) is 5.75 Å². The molecule has 1 radical (unpaired) electrons. The molecule has 1 aromatic carbocycles. The fraction of sp³-hybridized carbons (Fsp3) is 0.333. The van der Waals surface area contributed by atoms with E-state index in [1.807, 2.05) is 18.2 Å². The summed E-state index contributed by atoms with van der Waals surface area (Å²) in [4.78, 5) is 0. The van der Waals surface area contributed by atoms with Crippen LogP contribution in [-0.2, 0) is 6.04 Å². The van der Waals surface area contributed by atoms with Crippen LogP contribution in [0.1, 0.15) is 5.56 Å². The Morgan fingerprint density at radius 1 is 1.27 bits per heavy atom. The molecule has 0 fully saturated rings. The van der Waals surface area contributed by atoms with E-state index in [2.05, 4.69) is 13.1 Å². The third-order valence-corrected chi connectivity index (χ3v) is 2.62. The fourth-order valence-corrected chi connectivity index (χ4v) is 2.10. The number of phenolic OH excluding ortho intramolecular Hbond substituents is 1. The first-order valence-corrected chi connectivity index (χ1v) is 6.47. The highest BCUT2D eigenvalue weighted by Gasteiger charge is 2.02. The van der Waals surface area contributed by atoms with E-state index >= 15 is 0 Å². The number of benzene rings is 1. The second-order valence-corrected chi connectivity index (χ2v) is 5.78. The molecular formula is C9H13OSi. The van der Waals surface area contributed by atoms with Crippen LogP contribution in [0.25, 0.3) is 0 Å². The summed E-state index contributed by atoms with van der Waals surface area (Å²) in [7, 11) is -0.269. The van der Waals surface area contributed by atoms with Crippen molar-refractivity contribution in [2.24, 2.45) is 0 Å². The summed E-state index contributed by atoms with van der Waals surface area (Å²) < 4.78 is 0. The van der Waals surface area contributed by atoms with Gasteiger partial charge in [0, 0.05) is 8.80 Å². The van der Waals surface area contributed by atoms with E-state index in [-0.39, 0.29) is 8.80 Å². The fourth-order valence-electron chi connectivity index (χ4n) is 1.04. The van der Waals surface area contributed by atoms with Crippen molar-refractivity contribution >= 4 is 8.80 Å². The quantitative estimate of drug-likeness (QED) is 0.666. The van der Waals surface area contributed by atoms with Crippen molar-refractivity contribution in [3.63, 3.8) is 0 Å². The Kier molecular flexibility index (Phi) is 2.71. The molecule has 0 spiro atoms. The van der Waals surface area contributed by atoms with Crippen LogP contribution < -0.4 is 0 Å². The topological polar surface area (TPSA) is 20.2 Å². The first kappa shape index (κ1) is 8.33. The van der Waals surface area contributed by atoms with Crippen LogP contribution in [0.5, 0.6) is 5.75 Å². The third kappa shape index (κ3) is 2.39. The minimum atomic E-state index is -0.269. The normalized spacial score (nSPS) is 10.5. The maximum absolute atomic E-state index is 9.38. The van der Waals surface area contributed by atoms with Gasteiger partial charge in [0.25, 0.3) is 0 Å². The van der Waals surface area contributed by atoms with Gasteiger partial charge in [-0.15, -0.1) is 0 Å². The van der Waals surface area contributed by atoms with E-state index in [1.54, 1.807) is 6.07 Å². The van der Waals surface area contributed by atoms with Gasteiger partial charge in [-0.1, -0.05) is 31.3 Å². The number of rotatable bonds is 2. The standard InChI is InChI=1S/C9H13OSi/c1-11(2)7-8-5-3-4-6-9(8)10/h3-6,10H,7H2,1-2H3. The summed E-state index contributed by atoms with van der Waals surface area (Å²) >= 11 is 0. The van der Waals surface area contributed by atoms with Gasteiger partial charge in [0.1, 0.15) is 5.75 Å². The average Bonchev–Trinajstić information content (AvgIpc) is 1.93. The molecule has 0 atom stereocenters. The molecule has 1 aromatic rings. The summed E-state index contributed by atoms with van der Waals surface area (Å²) in [5, 5.41) is 9.38. The molecule has 1 nitrogen and oxygen atoms in total. The molecule has 0 amide bonds. The Balaban J connectivity index is 2.78. The predicted molar refractivity (Wildman–Crippen MR) is 49.3 cm³/mol. The molecule has 0 saturated heterocycles. The Morgan fingerprint density at radius 2 is 1.91 bits per heavy atom. The van der Waals surface area contributed by atoms with Crippen molar-refractivity contribution in [1.82, 2.24) is 0 Å². The van der Waals surface area contributed by atoms with Gasteiger partial charge in [-0.3, -0.25) is 0 Å². The van der Waals surface area contributed by atoms with Gasteiger partial charge in [0.05, 0.1) is 0 Å². The number of hydrogen-bond donors (Lipinski definition) is 1. The molecule has 2 heteroatoms. The Morgan fingerprint density at radius 3 is 2.45 bits per heavy atom. The lowest BCUT2D eigenvalue weighted by molar-refractivity contribution is 0.470. The molecule has 0 heterocycles. The number of aromatic hydroxyl groups is 1. The van der Waals surface area contributed by atoms with Crippen molar-refractivity contribution in [1.29, 1.82) is 0 Å². The molecule has 0 aliphatic carbocycles. The van der Waals surface area contributed by atoms with E-state index in [9.17, 15) is 5.11 Å². The van der Waals surface area contributed by atoms with Gasteiger partial charge in [0.2, 0.25) is 0 Å². The maximum atomic E-state index is 9.38. The summed E-state index contributed by atoms with van der Waals surface area (Å²) in [6.07, 6.45) is 0. The van der Waals surface area contributed by atoms with Crippen molar-refractivity contribution in [2.45, 2.75) is 19.1 Å². The Labute approximate surface area is 69.3 Å². The van der Waals surface area contributed by atoms with Gasteiger partial charge in [-0.25, -0.2) is 0 Å².